The Morgan fingerprint density at radius 3 is 2.68 bits per heavy atom. The van der Waals surface area contributed by atoms with Crippen LogP contribution in [0, 0.1) is 18.3 Å². The standard InChI is InChI=1S/C20H16N4S/c1-13-8-16(11-25-13)14-2-4-15(5-3-14)20(10-21)24-17-6-7-18-19(9-17)23-12-22-18/h2-9,11-12,20,24H,1H3,(H,22,23). The molecule has 25 heavy (non-hydrogen) atoms. The van der Waals surface area contributed by atoms with Gasteiger partial charge in [-0.25, -0.2) is 4.98 Å². The van der Waals surface area contributed by atoms with Crippen LogP contribution in [0.4, 0.5) is 5.69 Å². The molecule has 122 valence electrons. The third-order valence-corrected chi connectivity index (χ3v) is 5.03. The third-order valence-electron chi connectivity index (χ3n) is 4.17. The monoisotopic (exact) mass is 344 g/mol. The van der Waals surface area contributed by atoms with Crippen LogP contribution in [0.1, 0.15) is 16.5 Å². The molecular weight excluding hydrogens is 328 g/mol. The van der Waals surface area contributed by atoms with E-state index in [-0.39, 0.29) is 0 Å². The number of hydrogen-bond donors (Lipinski definition) is 2. The Bertz CT molecular complexity index is 1050. The summed E-state index contributed by atoms with van der Waals surface area (Å²) in [5.74, 6) is 0. The van der Waals surface area contributed by atoms with Crippen LogP contribution in [0.2, 0.25) is 0 Å². The van der Waals surface area contributed by atoms with Crippen LogP contribution in [-0.2, 0) is 0 Å². The second-order valence-corrected chi connectivity index (χ2v) is 7.02. The van der Waals surface area contributed by atoms with Gasteiger partial charge < -0.3 is 10.3 Å². The topological polar surface area (TPSA) is 64.5 Å². The van der Waals surface area contributed by atoms with Gasteiger partial charge in [-0.15, -0.1) is 11.3 Å². The van der Waals surface area contributed by atoms with Gasteiger partial charge in [0.25, 0.3) is 0 Å². The number of aromatic amines is 1. The maximum atomic E-state index is 9.57. The molecule has 0 amide bonds. The van der Waals surface area contributed by atoms with Gasteiger partial charge in [0.05, 0.1) is 23.4 Å². The minimum atomic E-state index is -0.404. The second kappa shape index (κ2) is 6.42. The summed E-state index contributed by atoms with van der Waals surface area (Å²) in [6.45, 7) is 2.11. The number of aromatic nitrogens is 2. The van der Waals surface area contributed by atoms with E-state index >= 15 is 0 Å². The predicted molar refractivity (Wildman–Crippen MR) is 103 cm³/mol. The van der Waals surface area contributed by atoms with Crippen molar-refractivity contribution >= 4 is 28.1 Å². The summed E-state index contributed by atoms with van der Waals surface area (Å²) in [6, 6.07) is 18.1. The molecule has 0 fully saturated rings. The van der Waals surface area contributed by atoms with Crippen molar-refractivity contribution < 1.29 is 0 Å². The van der Waals surface area contributed by atoms with Crippen molar-refractivity contribution in [2.45, 2.75) is 13.0 Å². The van der Waals surface area contributed by atoms with E-state index in [1.54, 1.807) is 17.7 Å². The molecule has 1 atom stereocenters. The molecular formula is C20H16N4S. The van der Waals surface area contributed by atoms with Crippen LogP contribution in [0.3, 0.4) is 0 Å². The van der Waals surface area contributed by atoms with Gasteiger partial charge in [0, 0.05) is 10.6 Å². The first-order chi connectivity index (χ1) is 12.2. The Morgan fingerprint density at radius 1 is 1.12 bits per heavy atom. The molecule has 0 radical (unpaired) electrons. The van der Waals surface area contributed by atoms with E-state index < -0.39 is 6.04 Å². The van der Waals surface area contributed by atoms with Crippen LogP contribution in [0.15, 0.2) is 60.2 Å². The van der Waals surface area contributed by atoms with Gasteiger partial charge in [-0.05, 0) is 53.3 Å². The Balaban J connectivity index is 1.57. The zero-order valence-electron chi connectivity index (χ0n) is 13.7. The van der Waals surface area contributed by atoms with Gasteiger partial charge in [-0.3, -0.25) is 0 Å². The number of fused-ring (bicyclic) bond motifs is 1. The highest BCUT2D eigenvalue weighted by atomic mass is 32.1. The number of H-pyrrole nitrogens is 1. The van der Waals surface area contributed by atoms with Crippen molar-refractivity contribution in [1.82, 2.24) is 9.97 Å². The van der Waals surface area contributed by atoms with E-state index in [9.17, 15) is 5.26 Å². The van der Waals surface area contributed by atoms with Gasteiger partial charge in [0.1, 0.15) is 6.04 Å². The van der Waals surface area contributed by atoms with Crippen LogP contribution in [0.25, 0.3) is 22.2 Å². The summed E-state index contributed by atoms with van der Waals surface area (Å²) in [6.07, 6.45) is 1.67. The summed E-state index contributed by atoms with van der Waals surface area (Å²) < 4.78 is 0. The van der Waals surface area contributed by atoms with E-state index in [1.807, 2.05) is 30.3 Å². The average molecular weight is 344 g/mol. The SMILES string of the molecule is Cc1cc(-c2ccc(C(C#N)Nc3ccc4nc[nH]c4c3)cc2)cs1. The maximum absolute atomic E-state index is 9.57. The molecule has 0 aliphatic rings. The number of rotatable bonds is 4. The number of aryl methyl sites for hydroxylation is 1. The van der Waals surface area contributed by atoms with Gasteiger partial charge in [-0.2, -0.15) is 5.26 Å². The van der Waals surface area contributed by atoms with E-state index in [4.69, 9.17) is 0 Å². The Morgan fingerprint density at radius 2 is 1.96 bits per heavy atom. The van der Waals surface area contributed by atoms with Crippen molar-refractivity contribution in [1.29, 1.82) is 5.26 Å². The third kappa shape index (κ3) is 3.12. The number of nitrogens with zero attached hydrogens (tertiary/aromatic N) is 2. The van der Waals surface area contributed by atoms with Crippen molar-refractivity contribution in [2.24, 2.45) is 0 Å². The van der Waals surface area contributed by atoms with Gasteiger partial charge in [0.15, 0.2) is 0 Å². The molecule has 5 heteroatoms. The van der Waals surface area contributed by atoms with Gasteiger partial charge in [-0.1, -0.05) is 24.3 Å². The summed E-state index contributed by atoms with van der Waals surface area (Å²) >= 11 is 1.74. The van der Waals surface area contributed by atoms with Crippen LogP contribution in [-0.4, -0.2) is 9.97 Å². The quantitative estimate of drug-likeness (QED) is 0.529. The molecule has 1 unspecified atom stereocenters. The zero-order chi connectivity index (χ0) is 17.2. The fourth-order valence-electron chi connectivity index (χ4n) is 2.85. The molecule has 0 saturated carbocycles. The fourth-order valence-corrected chi connectivity index (χ4v) is 3.56. The van der Waals surface area contributed by atoms with Crippen LogP contribution >= 0.6 is 11.3 Å². The molecule has 0 saturated heterocycles. The normalized spacial score (nSPS) is 12.0. The van der Waals surface area contributed by atoms with Crippen molar-refractivity contribution in [3.05, 3.63) is 70.7 Å². The first kappa shape index (κ1) is 15.4. The zero-order valence-corrected chi connectivity index (χ0v) is 14.5. The largest absolute Gasteiger partial charge is 0.366 e. The number of thiophene rings is 1. The van der Waals surface area contributed by atoms with Crippen molar-refractivity contribution in [3.63, 3.8) is 0 Å². The van der Waals surface area contributed by atoms with Gasteiger partial charge >= 0.3 is 0 Å². The molecule has 0 aliphatic carbocycles. The van der Waals surface area contributed by atoms with Crippen LogP contribution in [0.5, 0.6) is 0 Å². The first-order valence-electron chi connectivity index (χ1n) is 7.98. The predicted octanol–water partition coefficient (Wildman–Crippen LogP) is 5.28. The Labute approximate surface area is 149 Å². The number of benzene rings is 2. The lowest BCUT2D eigenvalue weighted by molar-refractivity contribution is 0.999. The van der Waals surface area contributed by atoms with Gasteiger partial charge in [0.2, 0.25) is 0 Å². The second-order valence-electron chi connectivity index (χ2n) is 5.91. The minimum absolute atomic E-state index is 0.404. The number of nitrogens with one attached hydrogen (secondary N) is 2. The molecule has 4 aromatic rings. The first-order valence-corrected chi connectivity index (χ1v) is 8.86. The number of nitriles is 1. The highest BCUT2D eigenvalue weighted by Crippen LogP contribution is 2.27. The Hall–Kier alpha value is -3.10. The van der Waals surface area contributed by atoms with E-state index in [1.165, 1.54) is 16.0 Å². The lowest BCUT2D eigenvalue weighted by atomic mass is 10.0. The molecule has 2 aromatic heterocycles. The van der Waals surface area contributed by atoms with E-state index in [2.05, 4.69) is 51.9 Å². The summed E-state index contributed by atoms with van der Waals surface area (Å²) in [4.78, 5) is 8.59. The molecule has 0 spiro atoms. The fraction of sp³-hybridized carbons (Fsp3) is 0.100. The lowest BCUT2D eigenvalue weighted by Gasteiger charge is -2.14. The molecule has 0 bridgehead atoms. The molecule has 2 N–H and O–H groups in total. The number of imidazole rings is 1. The van der Waals surface area contributed by atoms with E-state index in [0.717, 1.165) is 22.3 Å². The lowest BCUT2D eigenvalue weighted by Crippen LogP contribution is -2.08. The number of hydrogen-bond acceptors (Lipinski definition) is 4. The highest BCUT2D eigenvalue weighted by Gasteiger charge is 2.11. The summed E-state index contributed by atoms with van der Waals surface area (Å²) in [5.41, 5.74) is 6.09. The van der Waals surface area contributed by atoms with Crippen molar-refractivity contribution in [3.8, 4) is 17.2 Å². The molecule has 4 nitrogen and oxygen atoms in total. The average Bonchev–Trinajstić information content (AvgIpc) is 3.28. The molecule has 4 rings (SSSR count). The minimum Gasteiger partial charge on any atom is -0.366 e. The summed E-state index contributed by atoms with van der Waals surface area (Å²) in [5, 5.41) is 15.0. The molecule has 2 heterocycles. The maximum Gasteiger partial charge on any atom is 0.140 e. The molecule has 0 aliphatic heterocycles. The van der Waals surface area contributed by atoms with Crippen molar-refractivity contribution in [2.75, 3.05) is 5.32 Å². The van der Waals surface area contributed by atoms with E-state index in [0.29, 0.717) is 0 Å². The van der Waals surface area contributed by atoms with Crippen LogP contribution < -0.4 is 5.32 Å². The summed E-state index contributed by atoms with van der Waals surface area (Å²) in [7, 11) is 0. The highest BCUT2D eigenvalue weighted by molar-refractivity contribution is 7.10. The number of anilines is 1. The molecule has 2 aromatic carbocycles. The Kier molecular flexibility index (Phi) is 3.96. The smallest absolute Gasteiger partial charge is 0.140 e.